The second-order valence-corrected chi connectivity index (χ2v) is 4.97. The van der Waals surface area contributed by atoms with E-state index in [0.29, 0.717) is 6.04 Å². The summed E-state index contributed by atoms with van der Waals surface area (Å²) in [5.41, 5.74) is 2.18. The first-order chi connectivity index (χ1) is 7.08. The standard InChI is InChI=1S/C10H16BrN3O/c1-6-10(11)9(14(2)13-6)5-12-7-3-8(15)4-7/h7-8,12,15H,3-5H2,1-2H3. The lowest BCUT2D eigenvalue weighted by Gasteiger charge is -2.32. The Kier molecular flexibility index (Phi) is 3.13. The Morgan fingerprint density at radius 2 is 2.27 bits per heavy atom. The molecule has 1 heterocycles. The number of aryl methyl sites for hydroxylation is 2. The highest BCUT2D eigenvalue weighted by atomic mass is 79.9. The third-order valence-corrected chi connectivity index (χ3v) is 3.96. The first-order valence-electron chi connectivity index (χ1n) is 5.17. The van der Waals surface area contributed by atoms with Crippen molar-refractivity contribution in [3.05, 3.63) is 15.9 Å². The lowest BCUT2D eigenvalue weighted by Crippen LogP contribution is -2.43. The van der Waals surface area contributed by atoms with Crippen LogP contribution in [0.4, 0.5) is 0 Å². The second-order valence-electron chi connectivity index (χ2n) is 4.17. The Morgan fingerprint density at radius 3 is 2.73 bits per heavy atom. The van der Waals surface area contributed by atoms with E-state index < -0.39 is 0 Å². The lowest BCUT2D eigenvalue weighted by molar-refractivity contribution is 0.0616. The minimum atomic E-state index is -0.0979. The summed E-state index contributed by atoms with van der Waals surface area (Å²) in [6, 6.07) is 0.460. The van der Waals surface area contributed by atoms with Crippen LogP contribution in [0.5, 0.6) is 0 Å². The predicted octanol–water partition coefficient (Wildman–Crippen LogP) is 1.10. The van der Waals surface area contributed by atoms with Crippen LogP contribution in [-0.2, 0) is 13.6 Å². The summed E-state index contributed by atoms with van der Waals surface area (Å²) in [5.74, 6) is 0. The topological polar surface area (TPSA) is 50.1 Å². The van der Waals surface area contributed by atoms with Crippen LogP contribution in [0.2, 0.25) is 0 Å². The molecule has 1 aliphatic carbocycles. The van der Waals surface area contributed by atoms with Crippen molar-refractivity contribution in [2.45, 2.75) is 38.5 Å². The summed E-state index contributed by atoms with van der Waals surface area (Å²) in [4.78, 5) is 0. The quantitative estimate of drug-likeness (QED) is 0.868. The van der Waals surface area contributed by atoms with E-state index in [2.05, 4.69) is 26.3 Å². The van der Waals surface area contributed by atoms with Crippen LogP contribution in [-0.4, -0.2) is 27.0 Å². The molecule has 0 amide bonds. The second kappa shape index (κ2) is 4.23. The molecule has 5 heteroatoms. The fourth-order valence-electron chi connectivity index (χ4n) is 1.87. The number of aromatic nitrogens is 2. The summed E-state index contributed by atoms with van der Waals surface area (Å²) < 4.78 is 2.97. The smallest absolute Gasteiger partial charge is 0.0739 e. The Balaban J connectivity index is 1.93. The van der Waals surface area contributed by atoms with E-state index in [4.69, 9.17) is 5.11 Å². The molecule has 4 nitrogen and oxygen atoms in total. The molecule has 1 fully saturated rings. The van der Waals surface area contributed by atoms with Gasteiger partial charge in [0.2, 0.25) is 0 Å². The minimum Gasteiger partial charge on any atom is -0.393 e. The van der Waals surface area contributed by atoms with Gasteiger partial charge in [0, 0.05) is 19.6 Å². The Bertz CT molecular complexity index is 358. The molecule has 2 N–H and O–H groups in total. The number of aliphatic hydroxyl groups excluding tert-OH is 1. The molecular formula is C10H16BrN3O. The van der Waals surface area contributed by atoms with E-state index in [9.17, 15) is 0 Å². The van der Waals surface area contributed by atoms with Crippen molar-refractivity contribution in [3.8, 4) is 0 Å². The van der Waals surface area contributed by atoms with Gasteiger partial charge in [0.25, 0.3) is 0 Å². The molecule has 0 aromatic carbocycles. The number of halogens is 1. The highest BCUT2D eigenvalue weighted by Crippen LogP contribution is 2.23. The number of nitrogens with one attached hydrogen (secondary N) is 1. The molecule has 0 saturated heterocycles. The summed E-state index contributed by atoms with van der Waals surface area (Å²) >= 11 is 3.53. The summed E-state index contributed by atoms with van der Waals surface area (Å²) in [6.45, 7) is 2.79. The number of aliphatic hydroxyl groups is 1. The van der Waals surface area contributed by atoms with Crippen molar-refractivity contribution >= 4 is 15.9 Å². The molecular weight excluding hydrogens is 258 g/mol. The van der Waals surface area contributed by atoms with Gasteiger partial charge in [-0.05, 0) is 35.7 Å². The van der Waals surface area contributed by atoms with Gasteiger partial charge in [-0.25, -0.2) is 0 Å². The zero-order valence-corrected chi connectivity index (χ0v) is 10.6. The van der Waals surface area contributed by atoms with Gasteiger partial charge in [-0.15, -0.1) is 0 Å². The van der Waals surface area contributed by atoms with Crippen LogP contribution in [0.1, 0.15) is 24.2 Å². The van der Waals surface area contributed by atoms with E-state index in [-0.39, 0.29) is 6.10 Å². The van der Waals surface area contributed by atoms with E-state index in [1.54, 1.807) is 0 Å². The van der Waals surface area contributed by atoms with Gasteiger partial charge in [-0.2, -0.15) is 5.10 Å². The van der Waals surface area contributed by atoms with Gasteiger partial charge in [0.05, 0.1) is 22.0 Å². The van der Waals surface area contributed by atoms with Gasteiger partial charge in [-0.3, -0.25) is 4.68 Å². The molecule has 0 unspecified atom stereocenters. The molecule has 1 saturated carbocycles. The molecule has 84 valence electrons. The molecule has 1 aliphatic rings. The molecule has 1 aromatic rings. The maximum Gasteiger partial charge on any atom is 0.0739 e. The molecule has 2 rings (SSSR count). The van der Waals surface area contributed by atoms with Crippen molar-refractivity contribution in [2.75, 3.05) is 0 Å². The van der Waals surface area contributed by atoms with E-state index in [1.807, 2.05) is 18.7 Å². The van der Waals surface area contributed by atoms with Crippen LogP contribution in [0.3, 0.4) is 0 Å². The fourth-order valence-corrected chi connectivity index (χ4v) is 2.34. The predicted molar refractivity (Wildman–Crippen MR) is 61.5 cm³/mol. The largest absolute Gasteiger partial charge is 0.393 e. The zero-order chi connectivity index (χ0) is 11.0. The molecule has 15 heavy (non-hydrogen) atoms. The van der Waals surface area contributed by atoms with Gasteiger partial charge >= 0.3 is 0 Å². The Labute approximate surface area is 97.8 Å². The Hall–Kier alpha value is -0.390. The number of rotatable bonds is 3. The van der Waals surface area contributed by atoms with Crippen LogP contribution in [0.15, 0.2) is 4.47 Å². The zero-order valence-electron chi connectivity index (χ0n) is 9.00. The highest BCUT2D eigenvalue weighted by molar-refractivity contribution is 9.10. The maximum atomic E-state index is 9.16. The summed E-state index contributed by atoms with van der Waals surface area (Å²) in [5, 5.41) is 16.9. The number of hydrogen-bond acceptors (Lipinski definition) is 3. The fraction of sp³-hybridized carbons (Fsp3) is 0.700. The molecule has 0 aliphatic heterocycles. The molecule has 0 atom stereocenters. The average Bonchev–Trinajstić information content (AvgIpc) is 2.36. The SMILES string of the molecule is Cc1nn(C)c(CNC2CC(O)C2)c1Br. The van der Waals surface area contributed by atoms with E-state index in [1.165, 1.54) is 0 Å². The first-order valence-corrected chi connectivity index (χ1v) is 5.96. The average molecular weight is 274 g/mol. The minimum absolute atomic E-state index is 0.0979. The van der Waals surface area contributed by atoms with Crippen molar-refractivity contribution in [3.63, 3.8) is 0 Å². The van der Waals surface area contributed by atoms with Crippen molar-refractivity contribution in [2.24, 2.45) is 7.05 Å². The molecule has 0 bridgehead atoms. The van der Waals surface area contributed by atoms with E-state index in [0.717, 1.165) is 35.2 Å². The van der Waals surface area contributed by atoms with E-state index >= 15 is 0 Å². The van der Waals surface area contributed by atoms with Crippen molar-refractivity contribution < 1.29 is 5.11 Å². The van der Waals surface area contributed by atoms with Crippen LogP contribution in [0, 0.1) is 6.92 Å². The number of nitrogens with zero attached hydrogens (tertiary/aromatic N) is 2. The van der Waals surface area contributed by atoms with Gasteiger partial charge in [0.15, 0.2) is 0 Å². The first kappa shape index (κ1) is 11.1. The van der Waals surface area contributed by atoms with Gasteiger partial charge < -0.3 is 10.4 Å². The summed E-state index contributed by atoms with van der Waals surface area (Å²) in [7, 11) is 1.95. The maximum absolute atomic E-state index is 9.16. The summed E-state index contributed by atoms with van der Waals surface area (Å²) in [6.07, 6.45) is 1.64. The highest BCUT2D eigenvalue weighted by Gasteiger charge is 2.26. The van der Waals surface area contributed by atoms with Crippen LogP contribution >= 0.6 is 15.9 Å². The monoisotopic (exact) mass is 273 g/mol. The Morgan fingerprint density at radius 1 is 1.60 bits per heavy atom. The lowest BCUT2D eigenvalue weighted by atomic mass is 9.89. The molecule has 1 aromatic heterocycles. The van der Waals surface area contributed by atoms with Gasteiger partial charge in [0.1, 0.15) is 0 Å². The van der Waals surface area contributed by atoms with Crippen LogP contribution in [0.25, 0.3) is 0 Å². The van der Waals surface area contributed by atoms with Gasteiger partial charge in [-0.1, -0.05) is 0 Å². The normalized spacial score (nSPS) is 25.3. The van der Waals surface area contributed by atoms with Crippen molar-refractivity contribution in [1.29, 1.82) is 0 Å². The van der Waals surface area contributed by atoms with Crippen LogP contribution < -0.4 is 5.32 Å². The number of hydrogen-bond donors (Lipinski definition) is 2. The molecule has 0 radical (unpaired) electrons. The molecule has 0 spiro atoms. The van der Waals surface area contributed by atoms with Crippen molar-refractivity contribution in [1.82, 2.24) is 15.1 Å². The third-order valence-electron chi connectivity index (χ3n) is 2.93. The third kappa shape index (κ3) is 2.24.